The highest BCUT2D eigenvalue weighted by atomic mass is 79.9. The monoisotopic (exact) mass is 316 g/mol. The van der Waals surface area contributed by atoms with Crippen molar-refractivity contribution < 1.29 is 4.74 Å². The van der Waals surface area contributed by atoms with E-state index in [9.17, 15) is 0 Å². The fourth-order valence-corrected chi connectivity index (χ4v) is 1.82. The van der Waals surface area contributed by atoms with Crippen LogP contribution in [0.1, 0.15) is 5.56 Å². The van der Waals surface area contributed by atoms with Crippen LogP contribution in [-0.2, 0) is 6.54 Å². The summed E-state index contributed by atoms with van der Waals surface area (Å²) in [6.07, 6.45) is 6.98. The number of anilines is 1. The summed E-state index contributed by atoms with van der Waals surface area (Å²) in [4.78, 5) is 4.16. The first-order valence-corrected chi connectivity index (χ1v) is 6.58. The highest BCUT2D eigenvalue weighted by Crippen LogP contribution is 2.19. The van der Waals surface area contributed by atoms with Crippen molar-refractivity contribution >= 4 is 21.6 Å². The minimum Gasteiger partial charge on any atom is -0.481 e. The van der Waals surface area contributed by atoms with Crippen molar-refractivity contribution in [3.8, 4) is 18.1 Å². The molecule has 0 spiro atoms. The van der Waals surface area contributed by atoms with E-state index in [0.29, 0.717) is 6.54 Å². The molecule has 0 unspecified atom stereocenters. The maximum Gasteiger partial charge on any atom is 0.148 e. The van der Waals surface area contributed by atoms with Gasteiger partial charge in [0.1, 0.15) is 17.0 Å². The Morgan fingerprint density at radius 2 is 2.11 bits per heavy atom. The van der Waals surface area contributed by atoms with Gasteiger partial charge in [-0.15, -0.1) is 6.42 Å². The molecule has 2 rings (SSSR count). The number of pyridine rings is 1. The van der Waals surface area contributed by atoms with Crippen LogP contribution in [0.25, 0.3) is 0 Å². The van der Waals surface area contributed by atoms with E-state index in [4.69, 9.17) is 11.2 Å². The Bertz CT molecular complexity index is 575. The zero-order chi connectivity index (χ0) is 13.5. The van der Waals surface area contributed by atoms with E-state index >= 15 is 0 Å². The summed E-state index contributed by atoms with van der Waals surface area (Å²) < 4.78 is 6.31. The lowest BCUT2D eigenvalue weighted by Gasteiger charge is -2.11. The largest absolute Gasteiger partial charge is 0.481 e. The maximum absolute atomic E-state index is 5.49. The van der Waals surface area contributed by atoms with Gasteiger partial charge in [-0.2, -0.15) is 0 Å². The molecule has 1 heterocycles. The topological polar surface area (TPSA) is 34.1 Å². The third kappa shape index (κ3) is 4.01. The van der Waals surface area contributed by atoms with Gasteiger partial charge in [0.15, 0.2) is 0 Å². The van der Waals surface area contributed by atoms with Crippen LogP contribution in [0.2, 0.25) is 0 Å². The van der Waals surface area contributed by atoms with E-state index in [1.54, 1.807) is 6.20 Å². The first kappa shape index (κ1) is 13.4. The highest BCUT2D eigenvalue weighted by molar-refractivity contribution is 9.10. The number of rotatable bonds is 5. The molecule has 0 saturated carbocycles. The van der Waals surface area contributed by atoms with Crippen LogP contribution in [-0.4, -0.2) is 11.6 Å². The Hall–Kier alpha value is -1.99. The normalized spacial score (nSPS) is 9.68. The number of nitrogens with one attached hydrogen (secondary N) is 1. The molecule has 0 atom stereocenters. The molecular formula is C15H13BrN2O. The molecule has 3 nitrogen and oxygen atoms in total. The fourth-order valence-electron chi connectivity index (χ4n) is 1.59. The molecule has 4 heteroatoms. The van der Waals surface area contributed by atoms with Crippen LogP contribution in [0.5, 0.6) is 5.75 Å². The van der Waals surface area contributed by atoms with E-state index in [-0.39, 0.29) is 6.61 Å². The van der Waals surface area contributed by atoms with Gasteiger partial charge in [0.25, 0.3) is 0 Å². The Labute approximate surface area is 121 Å². The molecule has 0 aliphatic heterocycles. The second kappa shape index (κ2) is 6.81. The highest BCUT2D eigenvalue weighted by Gasteiger charge is 2.02. The minimum absolute atomic E-state index is 0.275. The van der Waals surface area contributed by atoms with Crippen molar-refractivity contribution in [2.24, 2.45) is 0 Å². The number of ether oxygens (including phenoxy) is 1. The number of nitrogens with zero attached hydrogens (tertiary/aromatic N) is 1. The third-order valence-electron chi connectivity index (χ3n) is 2.49. The molecule has 0 radical (unpaired) electrons. The molecule has 1 aromatic heterocycles. The lowest BCUT2D eigenvalue weighted by Crippen LogP contribution is -2.03. The molecule has 96 valence electrons. The molecule has 0 bridgehead atoms. The van der Waals surface area contributed by atoms with Gasteiger partial charge in [0, 0.05) is 12.1 Å². The van der Waals surface area contributed by atoms with Crippen LogP contribution in [0.15, 0.2) is 47.2 Å². The van der Waals surface area contributed by atoms with Gasteiger partial charge in [-0.3, -0.25) is 0 Å². The van der Waals surface area contributed by atoms with Gasteiger partial charge in [-0.1, -0.05) is 24.1 Å². The number of para-hydroxylation sites is 1. The van der Waals surface area contributed by atoms with Crippen LogP contribution in [0.3, 0.4) is 0 Å². The summed E-state index contributed by atoms with van der Waals surface area (Å²) in [5.41, 5.74) is 2.01. The summed E-state index contributed by atoms with van der Waals surface area (Å²) in [6, 6.07) is 11.7. The fraction of sp³-hybridized carbons (Fsp3) is 0.133. The molecule has 0 amide bonds. The molecule has 0 fully saturated rings. The van der Waals surface area contributed by atoms with Gasteiger partial charge in [0.05, 0.1) is 11.9 Å². The summed E-state index contributed by atoms with van der Waals surface area (Å²) in [6.45, 7) is 0.931. The Morgan fingerprint density at radius 1 is 1.26 bits per heavy atom. The van der Waals surface area contributed by atoms with Crippen molar-refractivity contribution in [2.45, 2.75) is 6.54 Å². The molecule has 1 aromatic carbocycles. The number of aromatic nitrogens is 1. The summed E-state index contributed by atoms with van der Waals surface area (Å²) in [5, 5.41) is 3.29. The van der Waals surface area contributed by atoms with E-state index in [1.165, 1.54) is 0 Å². The third-order valence-corrected chi connectivity index (χ3v) is 2.96. The molecule has 0 saturated heterocycles. The van der Waals surface area contributed by atoms with Crippen LogP contribution >= 0.6 is 15.9 Å². The summed E-state index contributed by atoms with van der Waals surface area (Å²) in [5.74, 6) is 3.27. The number of terminal acetylenes is 1. The first-order chi connectivity index (χ1) is 9.29. The van der Waals surface area contributed by atoms with Crippen LogP contribution in [0, 0.1) is 12.3 Å². The predicted octanol–water partition coefficient (Wildman–Crippen LogP) is 3.47. The number of benzene rings is 1. The second-order valence-electron chi connectivity index (χ2n) is 3.82. The molecule has 0 aliphatic rings. The second-order valence-corrected chi connectivity index (χ2v) is 4.64. The average molecular weight is 317 g/mol. The SMILES string of the molecule is C#CCOc1ccccc1CNc1ccc(Br)nc1. The van der Waals surface area contributed by atoms with E-state index in [1.807, 2.05) is 36.4 Å². The van der Waals surface area contributed by atoms with Crippen molar-refractivity contribution in [1.29, 1.82) is 0 Å². The number of hydrogen-bond donors (Lipinski definition) is 1. The molecule has 1 N–H and O–H groups in total. The van der Waals surface area contributed by atoms with Gasteiger partial charge in [0.2, 0.25) is 0 Å². The molecule has 19 heavy (non-hydrogen) atoms. The lowest BCUT2D eigenvalue weighted by atomic mass is 10.2. The summed E-state index contributed by atoms with van der Waals surface area (Å²) in [7, 11) is 0. The maximum atomic E-state index is 5.49. The molecule has 2 aromatic rings. The Kier molecular flexibility index (Phi) is 4.82. The lowest BCUT2D eigenvalue weighted by molar-refractivity contribution is 0.366. The zero-order valence-corrected chi connectivity index (χ0v) is 11.9. The van der Waals surface area contributed by atoms with Crippen molar-refractivity contribution in [1.82, 2.24) is 4.98 Å². The van der Waals surface area contributed by atoms with Crippen molar-refractivity contribution in [3.05, 3.63) is 52.8 Å². The quantitative estimate of drug-likeness (QED) is 0.677. The first-order valence-electron chi connectivity index (χ1n) is 5.79. The van der Waals surface area contributed by atoms with Crippen molar-refractivity contribution in [3.63, 3.8) is 0 Å². The number of halogens is 1. The zero-order valence-electron chi connectivity index (χ0n) is 10.3. The average Bonchev–Trinajstić information content (AvgIpc) is 2.45. The van der Waals surface area contributed by atoms with E-state index < -0.39 is 0 Å². The standard InChI is InChI=1S/C15H13BrN2O/c1-2-9-19-14-6-4-3-5-12(14)10-17-13-7-8-15(16)18-11-13/h1,3-8,11,17H,9-10H2. The smallest absolute Gasteiger partial charge is 0.148 e. The molecule has 0 aliphatic carbocycles. The molecular weight excluding hydrogens is 304 g/mol. The van der Waals surface area contributed by atoms with Gasteiger partial charge in [-0.25, -0.2) is 4.98 Å². The Morgan fingerprint density at radius 3 is 2.84 bits per heavy atom. The predicted molar refractivity (Wildman–Crippen MR) is 80.0 cm³/mol. The van der Waals surface area contributed by atoms with Gasteiger partial charge in [-0.05, 0) is 34.1 Å². The van der Waals surface area contributed by atoms with Crippen LogP contribution < -0.4 is 10.1 Å². The van der Waals surface area contributed by atoms with Crippen LogP contribution in [0.4, 0.5) is 5.69 Å². The number of hydrogen-bond acceptors (Lipinski definition) is 3. The van der Waals surface area contributed by atoms with Gasteiger partial charge < -0.3 is 10.1 Å². The summed E-state index contributed by atoms with van der Waals surface area (Å²) >= 11 is 3.30. The van der Waals surface area contributed by atoms with Crippen molar-refractivity contribution in [2.75, 3.05) is 11.9 Å². The van der Waals surface area contributed by atoms with Gasteiger partial charge >= 0.3 is 0 Å². The minimum atomic E-state index is 0.275. The van der Waals surface area contributed by atoms with E-state index in [0.717, 1.165) is 21.6 Å². The Balaban J connectivity index is 2.03. The van der Waals surface area contributed by atoms with E-state index in [2.05, 4.69) is 32.2 Å².